The lowest BCUT2D eigenvalue weighted by Crippen LogP contribution is -2.31. The second-order valence-electron chi connectivity index (χ2n) is 8.21. The van der Waals surface area contributed by atoms with E-state index < -0.39 is 0 Å². The van der Waals surface area contributed by atoms with E-state index in [0.717, 1.165) is 6.42 Å². The third-order valence-corrected chi connectivity index (χ3v) is 5.80. The predicted octanol–water partition coefficient (Wildman–Crippen LogP) is 4.83. The SMILES string of the molecule is CCCCCCCCCc1ccc([C@H]2[C@@H](C(C)C)C(=O)N[C@@H]2CO)cc1. The second-order valence-corrected chi connectivity index (χ2v) is 8.21. The molecule has 1 aliphatic rings. The predicted molar refractivity (Wildman–Crippen MR) is 108 cm³/mol. The van der Waals surface area contributed by atoms with Crippen molar-refractivity contribution >= 4 is 5.91 Å². The van der Waals surface area contributed by atoms with Crippen molar-refractivity contribution < 1.29 is 9.90 Å². The number of hydrogen-bond acceptors (Lipinski definition) is 2. The van der Waals surface area contributed by atoms with Gasteiger partial charge in [-0.1, -0.05) is 83.6 Å². The maximum atomic E-state index is 12.3. The molecule has 0 radical (unpaired) electrons. The number of aryl methyl sites for hydroxylation is 1. The molecule has 1 fully saturated rings. The van der Waals surface area contributed by atoms with Crippen molar-refractivity contribution in [3.8, 4) is 0 Å². The van der Waals surface area contributed by atoms with Gasteiger partial charge in [0, 0.05) is 11.8 Å². The number of amides is 1. The van der Waals surface area contributed by atoms with Crippen LogP contribution < -0.4 is 5.32 Å². The van der Waals surface area contributed by atoms with Gasteiger partial charge in [-0.25, -0.2) is 0 Å². The summed E-state index contributed by atoms with van der Waals surface area (Å²) < 4.78 is 0. The quantitative estimate of drug-likeness (QED) is 0.556. The van der Waals surface area contributed by atoms with Crippen molar-refractivity contribution in [2.45, 2.75) is 84.1 Å². The highest BCUT2D eigenvalue weighted by atomic mass is 16.3. The first-order valence-electron chi connectivity index (χ1n) is 10.6. The largest absolute Gasteiger partial charge is 0.394 e. The number of benzene rings is 1. The van der Waals surface area contributed by atoms with E-state index in [1.54, 1.807) is 0 Å². The molecule has 3 nitrogen and oxygen atoms in total. The van der Waals surface area contributed by atoms with Crippen LogP contribution in [0.4, 0.5) is 0 Å². The van der Waals surface area contributed by atoms with E-state index in [1.807, 2.05) is 0 Å². The van der Waals surface area contributed by atoms with Crippen molar-refractivity contribution in [1.29, 1.82) is 0 Å². The van der Waals surface area contributed by atoms with Crippen LogP contribution in [0.1, 0.15) is 82.8 Å². The molecule has 1 aliphatic heterocycles. The first kappa shape index (κ1) is 21.0. The average molecular weight is 360 g/mol. The van der Waals surface area contributed by atoms with Crippen molar-refractivity contribution in [3.05, 3.63) is 35.4 Å². The van der Waals surface area contributed by atoms with Crippen LogP contribution >= 0.6 is 0 Å². The van der Waals surface area contributed by atoms with E-state index in [-0.39, 0.29) is 36.3 Å². The molecular weight excluding hydrogens is 322 g/mol. The van der Waals surface area contributed by atoms with E-state index in [0.29, 0.717) is 0 Å². The summed E-state index contributed by atoms with van der Waals surface area (Å²) in [6.07, 6.45) is 10.5. The molecule has 1 saturated heterocycles. The van der Waals surface area contributed by atoms with Gasteiger partial charge in [-0.15, -0.1) is 0 Å². The molecule has 3 atom stereocenters. The fourth-order valence-electron chi connectivity index (χ4n) is 4.29. The Morgan fingerprint density at radius 2 is 1.62 bits per heavy atom. The van der Waals surface area contributed by atoms with Crippen molar-refractivity contribution in [2.24, 2.45) is 11.8 Å². The zero-order chi connectivity index (χ0) is 18.9. The van der Waals surface area contributed by atoms with Crippen LogP contribution in [0.3, 0.4) is 0 Å². The molecule has 0 saturated carbocycles. The third kappa shape index (κ3) is 5.57. The van der Waals surface area contributed by atoms with Gasteiger partial charge in [0.1, 0.15) is 0 Å². The van der Waals surface area contributed by atoms with Crippen molar-refractivity contribution in [2.75, 3.05) is 6.61 Å². The van der Waals surface area contributed by atoms with Crippen LogP contribution in [0.2, 0.25) is 0 Å². The molecule has 146 valence electrons. The molecule has 0 aliphatic carbocycles. The van der Waals surface area contributed by atoms with Gasteiger partial charge in [-0.05, 0) is 29.9 Å². The zero-order valence-corrected chi connectivity index (χ0v) is 16.8. The van der Waals surface area contributed by atoms with E-state index in [4.69, 9.17) is 0 Å². The Bertz CT molecular complexity index is 538. The Morgan fingerprint density at radius 1 is 1.00 bits per heavy atom. The van der Waals surface area contributed by atoms with Gasteiger partial charge < -0.3 is 10.4 Å². The number of carbonyl (C=O) groups excluding carboxylic acids is 1. The van der Waals surface area contributed by atoms with Gasteiger partial charge in [0.15, 0.2) is 0 Å². The molecule has 3 heteroatoms. The molecular formula is C23H37NO2. The number of nitrogens with one attached hydrogen (secondary N) is 1. The second kappa shape index (κ2) is 10.7. The summed E-state index contributed by atoms with van der Waals surface area (Å²) in [6.45, 7) is 6.44. The van der Waals surface area contributed by atoms with Crippen LogP contribution in [0.15, 0.2) is 24.3 Å². The molecule has 0 unspecified atom stereocenters. The first-order valence-corrected chi connectivity index (χ1v) is 10.6. The Morgan fingerprint density at radius 3 is 2.19 bits per heavy atom. The van der Waals surface area contributed by atoms with Gasteiger partial charge >= 0.3 is 0 Å². The number of aliphatic hydroxyl groups is 1. The number of hydrogen-bond donors (Lipinski definition) is 2. The average Bonchev–Trinajstić information content (AvgIpc) is 2.98. The van der Waals surface area contributed by atoms with Gasteiger partial charge in [0.2, 0.25) is 5.91 Å². The van der Waals surface area contributed by atoms with Crippen molar-refractivity contribution in [1.82, 2.24) is 5.32 Å². The minimum absolute atomic E-state index is 0.000586. The summed E-state index contributed by atoms with van der Waals surface area (Å²) >= 11 is 0. The lowest BCUT2D eigenvalue weighted by atomic mass is 9.78. The fourth-order valence-corrected chi connectivity index (χ4v) is 4.29. The van der Waals surface area contributed by atoms with Crippen LogP contribution in [0, 0.1) is 11.8 Å². The maximum absolute atomic E-state index is 12.3. The summed E-state index contributed by atoms with van der Waals surface area (Å²) in [5.41, 5.74) is 2.55. The van der Waals surface area contributed by atoms with Crippen LogP contribution in [-0.4, -0.2) is 23.7 Å². The summed E-state index contributed by atoms with van der Waals surface area (Å²) in [7, 11) is 0. The summed E-state index contributed by atoms with van der Waals surface area (Å²) in [6, 6.07) is 8.59. The monoisotopic (exact) mass is 359 g/mol. The fraction of sp³-hybridized carbons (Fsp3) is 0.696. The zero-order valence-electron chi connectivity index (χ0n) is 16.8. The molecule has 1 heterocycles. The Hall–Kier alpha value is -1.35. The highest BCUT2D eigenvalue weighted by Crippen LogP contribution is 2.38. The first-order chi connectivity index (χ1) is 12.6. The smallest absolute Gasteiger partial charge is 0.224 e. The Kier molecular flexibility index (Phi) is 8.64. The Balaban J connectivity index is 1.88. The normalized spacial score (nSPS) is 22.8. The molecule has 1 aromatic rings. The molecule has 26 heavy (non-hydrogen) atoms. The molecule has 1 amide bonds. The van der Waals surface area contributed by atoms with E-state index in [9.17, 15) is 9.90 Å². The van der Waals surface area contributed by atoms with Crippen LogP contribution in [0.5, 0.6) is 0 Å². The maximum Gasteiger partial charge on any atom is 0.224 e. The van der Waals surface area contributed by atoms with E-state index >= 15 is 0 Å². The van der Waals surface area contributed by atoms with Gasteiger partial charge in [0.05, 0.1) is 12.6 Å². The molecule has 0 bridgehead atoms. The standard InChI is InChI=1S/C23H37NO2/c1-4-5-6-7-8-9-10-11-18-12-14-19(15-13-18)22-20(16-25)24-23(26)21(22)17(2)3/h12-15,17,20-22,25H,4-11,16H2,1-3H3,(H,24,26)/t20-,21-,22-/m1/s1. The van der Waals surface area contributed by atoms with Gasteiger partial charge in [-0.3, -0.25) is 4.79 Å². The Labute approximate surface area is 159 Å². The summed E-state index contributed by atoms with van der Waals surface area (Å²) in [5, 5.41) is 12.6. The lowest BCUT2D eigenvalue weighted by molar-refractivity contribution is -0.123. The van der Waals surface area contributed by atoms with Gasteiger partial charge in [0.25, 0.3) is 0 Å². The summed E-state index contributed by atoms with van der Waals surface area (Å²) in [5.74, 6) is 0.362. The third-order valence-electron chi connectivity index (χ3n) is 5.80. The number of aliphatic hydroxyl groups excluding tert-OH is 1. The molecule has 0 aromatic heterocycles. The van der Waals surface area contributed by atoms with E-state index in [2.05, 4.69) is 50.4 Å². The topological polar surface area (TPSA) is 49.3 Å². The molecule has 2 rings (SSSR count). The number of rotatable bonds is 11. The number of unbranched alkanes of at least 4 members (excludes halogenated alkanes) is 6. The van der Waals surface area contributed by atoms with Crippen molar-refractivity contribution in [3.63, 3.8) is 0 Å². The minimum Gasteiger partial charge on any atom is -0.394 e. The highest BCUT2D eigenvalue weighted by Gasteiger charge is 2.43. The lowest BCUT2D eigenvalue weighted by Gasteiger charge is -2.24. The molecule has 2 N–H and O–H groups in total. The molecule has 1 aromatic carbocycles. The number of carbonyl (C=O) groups is 1. The minimum atomic E-state index is -0.163. The molecule has 0 spiro atoms. The van der Waals surface area contributed by atoms with Gasteiger partial charge in [-0.2, -0.15) is 0 Å². The van der Waals surface area contributed by atoms with Crippen LogP contribution in [0.25, 0.3) is 0 Å². The summed E-state index contributed by atoms with van der Waals surface area (Å²) in [4.78, 5) is 12.3. The van der Waals surface area contributed by atoms with E-state index in [1.165, 1.54) is 56.1 Å². The van der Waals surface area contributed by atoms with Crippen LogP contribution in [-0.2, 0) is 11.2 Å². The highest BCUT2D eigenvalue weighted by molar-refractivity contribution is 5.83.